The van der Waals surface area contributed by atoms with Gasteiger partial charge in [0, 0.05) is 24.9 Å². The second kappa shape index (κ2) is 3.69. The Morgan fingerprint density at radius 3 is 2.61 bits per heavy atom. The van der Waals surface area contributed by atoms with Gasteiger partial charge in [-0.3, -0.25) is 0 Å². The van der Waals surface area contributed by atoms with Crippen molar-refractivity contribution in [2.75, 3.05) is 6.54 Å². The van der Waals surface area contributed by atoms with Gasteiger partial charge >= 0.3 is 6.18 Å². The van der Waals surface area contributed by atoms with E-state index in [9.17, 15) is 13.2 Å². The molecule has 2 aliphatic rings. The maximum Gasteiger partial charge on any atom is 0.393 e. The number of rotatable bonds is 2. The lowest BCUT2D eigenvalue weighted by Gasteiger charge is -2.27. The molecule has 0 aromatic carbocycles. The van der Waals surface area contributed by atoms with Crippen molar-refractivity contribution in [3.05, 3.63) is 11.6 Å². The van der Waals surface area contributed by atoms with E-state index in [1.807, 2.05) is 0 Å². The molecule has 3 rings (SSSR count). The quantitative estimate of drug-likeness (QED) is 0.874. The van der Waals surface area contributed by atoms with Gasteiger partial charge in [0.25, 0.3) is 0 Å². The third-order valence-electron chi connectivity index (χ3n) is 4.13. The standard InChI is InChI=1S/C11H15F3N4/c12-11(13,14)7-1-2-8-16-17-9(18(8)5-7)10(6-15)3-4-10/h7H,1-6,15H2. The summed E-state index contributed by atoms with van der Waals surface area (Å²) in [5.74, 6) is 0.0486. The van der Waals surface area contributed by atoms with Crippen molar-refractivity contribution in [3.63, 3.8) is 0 Å². The highest BCUT2D eigenvalue weighted by atomic mass is 19.4. The lowest BCUT2D eigenvalue weighted by molar-refractivity contribution is -0.182. The van der Waals surface area contributed by atoms with Crippen LogP contribution < -0.4 is 5.73 Å². The molecule has 0 saturated heterocycles. The zero-order valence-corrected chi connectivity index (χ0v) is 9.87. The normalized spacial score (nSPS) is 25.9. The molecule has 0 spiro atoms. The summed E-state index contributed by atoms with van der Waals surface area (Å²) in [4.78, 5) is 0. The number of aryl methyl sites for hydroxylation is 1. The Morgan fingerprint density at radius 1 is 1.33 bits per heavy atom. The molecule has 1 aliphatic heterocycles. The minimum Gasteiger partial charge on any atom is -0.329 e. The first-order valence-electron chi connectivity index (χ1n) is 6.16. The second-order valence-electron chi connectivity index (χ2n) is 5.31. The first-order chi connectivity index (χ1) is 8.46. The number of hydrogen-bond donors (Lipinski definition) is 1. The van der Waals surface area contributed by atoms with Crippen LogP contribution in [-0.2, 0) is 18.4 Å². The van der Waals surface area contributed by atoms with Gasteiger partial charge in [0.2, 0.25) is 0 Å². The SMILES string of the molecule is NCC1(c2nnc3n2CC(C(F)(F)F)CC3)CC1. The third kappa shape index (κ3) is 1.72. The van der Waals surface area contributed by atoms with Crippen LogP contribution in [0.25, 0.3) is 0 Å². The molecule has 2 N–H and O–H groups in total. The van der Waals surface area contributed by atoms with E-state index in [2.05, 4.69) is 10.2 Å². The summed E-state index contributed by atoms with van der Waals surface area (Å²) in [5.41, 5.74) is 5.50. The molecular weight excluding hydrogens is 245 g/mol. The molecule has 2 heterocycles. The highest BCUT2D eigenvalue weighted by Gasteiger charge is 2.49. The number of hydrogen-bond acceptors (Lipinski definition) is 3. The Kier molecular flexibility index (Phi) is 2.45. The molecule has 1 atom stereocenters. The van der Waals surface area contributed by atoms with Gasteiger partial charge in [0.05, 0.1) is 5.92 Å². The fraction of sp³-hybridized carbons (Fsp3) is 0.818. The number of halogens is 3. The minimum absolute atomic E-state index is 0.0527. The number of aromatic nitrogens is 3. The topological polar surface area (TPSA) is 56.7 Å². The summed E-state index contributed by atoms with van der Waals surface area (Å²) in [7, 11) is 0. The predicted molar refractivity (Wildman–Crippen MR) is 57.9 cm³/mol. The molecule has 100 valence electrons. The Hall–Kier alpha value is -1.11. The largest absolute Gasteiger partial charge is 0.393 e. The molecule has 7 heteroatoms. The van der Waals surface area contributed by atoms with E-state index in [0.29, 0.717) is 24.6 Å². The molecule has 1 fully saturated rings. The number of nitrogens with two attached hydrogens (primary N) is 1. The third-order valence-corrected chi connectivity index (χ3v) is 4.13. The maximum absolute atomic E-state index is 12.8. The van der Waals surface area contributed by atoms with Crippen molar-refractivity contribution in [3.8, 4) is 0 Å². The molecule has 4 nitrogen and oxygen atoms in total. The van der Waals surface area contributed by atoms with Gasteiger partial charge in [-0.1, -0.05) is 0 Å². The average molecular weight is 260 g/mol. The van der Waals surface area contributed by atoms with E-state index in [1.165, 1.54) is 0 Å². The highest BCUT2D eigenvalue weighted by Crippen LogP contribution is 2.47. The van der Waals surface area contributed by atoms with Gasteiger partial charge in [-0.05, 0) is 19.3 Å². The van der Waals surface area contributed by atoms with Crippen LogP contribution in [0.2, 0.25) is 0 Å². The number of fused-ring (bicyclic) bond motifs is 1. The maximum atomic E-state index is 12.8. The van der Waals surface area contributed by atoms with E-state index < -0.39 is 12.1 Å². The second-order valence-corrected chi connectivity index (χ2v) is 5.31. The minimum atomic E-state index is -4.14. The fourth-order valence-electron chi connectivity index (χ4n) is 2.66. The molecule has 1 aliphatic carbocycles. The molecular formula is C11H15F3N4. The van der Waals surface area contributed by atoms with Crippen LogP contribution in [0.1, 0.15) is 30.9 Å². The Bertz CT molecular complexity index is 461. The molecule has 1 aromatic rings. The summed E-state index contributed by atoms with van der Waals surface area (Å²) in [6, 6.07) is 0. The fourth-order valence-corrected chi connectivity index (χ4v) is 2.66. The van der Waals surface area contributed by atoms with Gasteiger partial charge in [0.1, 0.15) is 11.6 Å². The zero-order chi connectivity index (χ0) is 13.0. The molecule has 18 heavy (non-hydrogen) atoms. The summed E-state index contributed by atoms with van der Waals surface area (Å²) in [6.07, 6.45) is -1.88. The van der Waals surface area contributed by atoms with Crippen LogP contribution in [0.3, 0.4) is 0 Å². The first kappa shape index (κ1) is 12.0. The van der Waals surface area contributed by atoms with Gasteiger partial charge in [-0.15, -0.1) is 10.2 Å². The summed E-state index contributed by atoms with van der Waals surface area (Å²) < 4.78 is 40.0. The van der Waals surface area contributed by atoms with E-state index in [0.717, 1.165) is 12.8 Å². The molecule has 0 bridgehead atoms. The van der Waals surface area contributed by atoms with Crippen molar-refractivity contribution < 1.29 is 13.2 Å². The Balaban J connectivity index is 1.92. The zero-order valence-electron chi connectivity index (χ0n) is 9.87. The van der Waals surface area contributed by atoms with E-state index in [-0.39, 0.29) is 18.4 Å². The molecule has 0 amide bonds. The smallest absolute Gasteiger partial charge is 0.329 e. The van der Waals surface area contributed by atoms with Crippen molar-refractivity contribution in [1.82, 2.24) is 14.8 Å². The van der Waals surface area contributed by atoms with Crippen molar-refractivity contribution >= 4 is 0 Å². The Morgan fingerprint density at radius 2 is 2.06 bits per heavy atom. The lowest BCUT2D eigenvalue weighted by atomic mass is 9.97. The molecule has 1 saturated carbocycles. The van der Waals surface area contributed by atoms with Gasteiger partial charge in [-0.25, -0.2) is 0 Å². The van der Waals surface area contributed by atoms with E-state index in [1.54, 1.807) is 4.57 Å². The van der Waals surface area contributed by atoms with Crippen LogP contribution >= 0.6 is 0 Å². The van der Waals surface area contributed by atoms with Crippen molar-refractivity contribution in [1.29, 1.82) is 0 Å². The first-order valence-corrected chi connectivity index (χ1v) is 6.16. The summed E-state index contributed by atoms with van der Waals surface area (Å²) in [6.45, 7) is 0.380. The average Bonchev–Trinajstić information content (AvgIpc) is 3.00. The van der Waals surface area contributed by atoms with E-state index >= 15 is 0 Å². The monoisotopic (exact) mass is 260 g/mol. The molecule has 0 radical (unpaired) electrons. The Labute approximate surface area is 102 Å². The van der Waals surface area contributed by atoms with Gasteiger partial charge in [0.15, 0.2) is 0 Å². The molecule has 1 aromatic heterocycles. The number of nitrogens with zero attached hydrogens (tertiary/aromatic N) is 3. The van der Waals surface area contributed by atoms with Crippen molar-refractivity contribution in [2.24, 2.45) is 11.7 Å². The van der Waals surface area contributed by atoms with Crippen LogP contribution in [0.4, 0.5) is 13.2 Å². The molecule has 1 unspecified atom stereocenters. The van der Waals surface area contributed by atoms with Crippen LogP contribution in [0.5, 0.6) is 0 Å². The van der Waals surface area contributed by atoms with Gasteiger partial charge < -0.3 is 10.3 Å². The predicted octanol–water partition coefficient (Wildman–Crippen LogP) is 1.39. The highest BCUT2D eigenvalue weighted by molar-refractivity contribution is 5.21. The van der Waals surface area contributed by atoms with Gasteiger partial charge in [-0.2, -0.15) is 13.2 Å². The van der Waals surface area contributed by atoms with Crippen LogP contribution in [0, 0.1) is 5.92 Å². The summed E-state index contributed by atoms with van der Waals surface area (Å²) in [5, 5.41) is 8.10. The lowest BCUT2D eigenvalue weighted by Crippen LogP contribution is -2.34. The number of alkyl halides is 3. The van der Waals surface area contributed by atoms with Crippen molar-refractivity contribution in [2.45, 2.75) is 43.8 Å². The van der Waals surface area contributed by atoms with Crippen LogP contribution in [0.15, 0.2) is 0 Å². The van der Waals surface area contributed by atoms with Crippen LogP contribution in [-0.4, -0.2) is 27.5 Å². The van der Waals surface area contributed by atoms with E-state index in [4.69, 9.17) is 5.73 Å². The summed E-state index contributed by atoms with van der Waals surface area (Å²) >= 11 is 0.